The highest BCUT2D eigenvalue weighted by molar-refractivity contribution is 5.88. The Morgan fingerprint density at radius 1 is 1.57 bits per heavy atom. The van der Waals surface area contributed by atoms with Gasteiger partial charge in [0.1, 0.15) is 0 Å². The number of rotatable bonds is 3. The average Bonchev–Trinajstić information content (AvgIpc) is 2.25. The number of esters is 1. The van der Waals surface area contributed by atoms with E-state index in [9.17, 15) is 4.79 Å². The lowest BCUT2D eigenvalue weighted by Gasteiger charge is -2.02. The zero-order valence-electron chi connectivity index (χ0n) is 7.73. The van der Waals surface area contributed by atoms with Crippen molar-refractivity contribution in [2.75, 3.05) is 7.11 Å². The minimum absolute atomic E-state index is 0.185. The zero-order valence-corrected chi connectivity index (χ0v) is 7.73. The Bertz CT molecular complexity index is 371. The van der Waals surface area contributed by atoms with Gasteiger partial charge in [-0.1, -0.05) is 0 Å². The summed E-state index contributed by atoms with van der Waals surface area (Å²) in [6.07, 6.45) is 3.62. The Kier molecular flexibility index (Phi) is 3.56. The van der Waals surface area contributed by atoms with Crippen LogP contribution in [0, 0.1) is 11.3 Å². The van der Waals surface area contributed by atoms with Crippen LogP contribution in [0.15, 0.2) is 12.4 Å². The normalized spacial score (nSPS) is 9.14. The second-order valence-electron chi connectivity index (χ2n) is 2.50. The molecule has 1 heterocycles. The van der Waals surface area contributed by atoms with E-state index in [1.54, 1.807) is 0 Å². The van der Waals surface area contributed by atoms with Gasteiger partial charge >= 0.3 is 5.97 Å². The van der Waals surface area contributed by atoms with Crippen LogP contribution in [0.4, 0.5) is 0 Å². The minimum Gasteiger partial charge on any atom is -0.464 e. The van der Waals surface area contributed by atoms with Crippen molar-refractivity contribution in [3.05, 3.63) is 23.8 Å². The lowest BCUT2D eigenvalue weighted by Crippen LogP contribution is -2.09. The molecule has 5 nitrogen and oxygen atoms in total. The molecule has 0 amide bonds. The molecule has 1 aromatic rings. The molecule has 0 aromatic carbocycles. The molecule has 0 spiro atoms. The number of carbonyl (C=O) groups excluding carboxylic acids is 1. The maximum absolute atomic E-state index is 11.2. The van der Waals surface area contributed by atoms with E-state index >= 15 is 0 Å². The van der Waals surface area contributed by atoms with E-state index in [4.69, 9.17) is 5.26 Å². The van der Waals surface area contributed by atoms with Gasteiger partial charge in [0.25, 0.3) is 0 Å². The van der Waals surface area contributed by atoms with Crippen LogP contribution in [-0.2, 0) is 11.2 Å². The van der Waals surface area contributed by atoms with Crippen LogP contribution in [0.25, 0.3) is 0 Å². The summed E-state index contributed by atoms with van der Waals surface area (Å²) in [6.45, 7) is 0. The van der Waals surface area contributed by atoms with Crippen molar-refractivity contribution in [1.82, 2.24) is 9.97 Å². The van der Waals surface area contributed by atoms with Gasteiger partial charge in [-0.05, 0) is 0 Å². The molecule has 0 bridgehead atoms. The summed E-state index contributed by atoms with van der Waals surface area (Å²) < 4.78 is 4.53. The molecule has 14 heavy (non-hydrogen) atoms. The molecule has 0 saturated carbocycles. The van der Waals surface area contributed by atoms with Crippen molar-refractivity contribution < 1.29 is 9.53 Å². The molecule has 72 valence electrons. The maximum Gasteiger partial charge on any atom is 0.358 e. The van der Waals surface area contributed by atoms with Gasteiger partial charge in [0, 0.05) is 25.2 Å². The molecule has 1 aromatic heterocycles. The molecule has 1 rings (SSSR count). The minimum atomic E-state index is -0.522. The second kappa shape index (κ2) is 4.92. The van der Waals surface area contributed by atoms with E-state index in [1.807, 2.05) is 6.07 Å². The molecule has 0 radical (unpaired) electrons. The van der Waals surface area contributed by atoms with E-state index in [0.717, 1.165) is 0 Å². The number of ether oxygens (including phenoxy) is 1. The van der Waals surface area contributed by atoms with Crippen LogP contribution in [0.5, 0.6) is 0 Å². The molecule has 0 unspecified atom stereocenters. The third kappa shape index (κ3) is 2.26. The van der Waals surface area contributed by atoms with Crippen LogP contribution in [0.3, 0.4) is 0 Å². The highest BCUT2D eigenvalue weighted by Crippen LogP contribution is 2.05. The van der Waals surface area contributed by atoms with Gasteiger partial charge in [-0.2, -0.15) is 5.26 Å². The zero-order chi connectivity index (χ0) is 10.4. The Labute approximate surface area is 81.4 Å². The first-order valence-corrected chi connectivity index (χ1v) is 4.04. The first kappa shape index (κ1) is 10.1. The van der Waals surface area contributed by atoms with Crippen molar-refractivity contribution >= 4 is 5.97 Å². The van der Waals surface area contributed by atoms with Crippen molar-refractivity contribution in [3.63, 3.8) is 0 Å². The fraction of sp³-hybridized carbons (Fsp3) is 0.333. The smallest absolute Gasteiger partial charge is 0.358 e. The molecule has 0 aliphatic heterocycles. The fourth-order valence-electron chi connectivity index (χ4n) is 0.991. The monoisotopic (exact) mass is 191 g/mol. The van der Waals surface area contributed by atoms with Crippen LogP contribution in [0.1, 0.15) is 22.6 Å². The molecule has 0 saturated heterocycles. The highest BCUT2D eigenvalue weighted by Gasteiger charge is 2.13. The van der Waals surface area contributed by atoms with Crippen molar-refractivity contribution in [3.8, 4) is 6.07 Å². The molecule has 0 fully saturated rings. The number of hydrogen-bond donors (Lipinski definition) is 0. The van der Waals surface area contributed by atoms with Crippen LogP contribution in [0.2, 0.25) is 0 Å². The number of nitriles is 1. The van der Waals surface area contributed by atoms with Crippen LogP contribution < -0.4 is 0 Å². The van der Waals surface area contributed by atoms with E-state index < -0.39 is 5.97 Å². The SMILES string of the molecule is COC(=O)c1nccnc1CCC#N. The fourth-order valence-corrected chi connectivity index (χ4v) is 0.991. The summed E-state index contributed by atoms with van der Waals surface area (Å²) >= 11 is 0. The number of aryl methyl sites for hydroxylation is 1. The summed E-state index contributed by atoms with van der Waals surface area (Å²) in [5.41, 5.74) is 0.686. The Morgan fingerprint density at radius 2 is 2.29 bits per heavy atom. The Hall–Kier alpha value is -1.96. The lowest BCUT2D eigenvalue weighted by molar-refractivity contribution is 0.0592. The van der Waals surface area contributed by atoms with Gasteiger partial charge in [-0.3, -0.25) is 4.98 Å². The predicted molar refractivity (Wildman–Crippen MR) is 47.3 cm³/mol. The predicted octanol–water partition coefficient (Wildman–Crippen LogP) is 0.719. The summed E-state index contributed by atoms with van der Waals surface area (Å²) in [6, 6.07) is 1.98. The number of aromatic nitrogens is 2. The van der Waals surface area contributed by atoms with E-state index in [2.05, 4.69) is 14.7 Å². The van der Waals surface area contributed by atoms with Crippen molar-refractivity contribution in [2.45, 2.75) is 12.8 Å². The van der Waals surface area contributed by atoms with E-state index in [0.29, 0.717) is 18.5 Å². The average molecular weight is 191 g/mol. The third-order valence-electron chi connectivity index (χ3n) is 1.63. The Morgan fingerprint density at radius 3 is 2.93 bits per heavy atom. The topological polar surface area (TPSA) is 75.9 Å². The van der Waals surface area contributed by atoms with Gasteiger partial charge < -0.3 is 4.74 Å². The molecule has 0 aliphatic carbocycles. The summed E-state index contributed by atoms with van der Waals surface area (Å²) in [4.78, 5) is 19.0. The molecule has 0 N–H and O–H groups in total. The van der Waals surface area contributed by atoms with E-state index in [1.165, 1.54) is 19.5 Å². The van der Waals surface area contributed by atoms with Gasteiger partial charge in [0.15, 0.2) is 5.69 Å². The number of hydrogen-bond acceptors (Lipinski definition) is 5. The van der Waals surface area contributed by atoms with Crippen LogP contribution in [-0.4, -0.2) is 23.0 Å². The molecule has 5 heteroatoms. The van der Waals surface area contributed by atoms with E-state index in [-0.39, 0.29) is 5.69 Å². The second-order valence-corrected chi connectivity index (χ2v) is 2.50. The Balaban J connectivity index is 2.92. The largest absolute Gasteiger partial charge is 0.464 e. The number of methoxy groups -OCH3 is 1. The van der Waals surface area contributed by atoms with Crippen molar-refractivity contribution in [2.24, 2.45) is 0 Å². The third-order valence-corrected chi connectivity index (χ3v) is 1.63. The van der Waals surface area contributed by atoms with Gasteiger partial charge in [0.05, 0.1) is 18.9 Å². The number of nitrogens with zero attached hydrogens (tertiary/aromatic N) is 3. The molecular formula is C9H9N3O2. The molecular weight excluding hydrogens is 182 g/mol. The quantitative estimate of drug-likeness (QED) is 0.658. The molecule has 0 aliphatic rings. The van der Waals surface area contributed by atoms with Crippen molar-refractivity contribution in [1.29, 1.82) is 5.26 Å². The summed E-state index contributed by atoms with van der Waals surface area (Å²) in [7, 11) is 1.28. The number of carbonyl (C=O) groups is 1. The maximum atomic E-state index is 11.2. The van der Waals surface area contributed by atoms with Gasteiger partial charge in [-0.15, -0.1) is 0 Å². The summed E-state index contributed by atoms with van der Waals surface area (Å²) in [5.74, 6) is -0.522. The van der Waals surface area contributed by atoms with Crippen LogP contribution >= 0.6 is 0 Å². The van der Waals surface area contributed by atoms with Gasteiger partial charge in [-0.25, -0.2) is 9.78 Å². The summed E-state index contributed by atoms with van der Waals surface area (Å²) in [5, 5.41) is 8.40. The first-order valence-electron chi connectivity index (χ1n) is 4.04. The standard InChI is InChI=1S/C9H9N3O2/c1-14-9(13)8-7(3-2-4-10)11-5-6-12-8/h5-6H,2-3H2,1H3. The lowest BCUT2D eigenvalue weighted by atomic mass is 10.2. The van der Waals surface area contributed by atoms with Gasteiger partial charge in [0.2, 0.25) is 0 Å². The first-order chi connectivity index (χ1) is 6.79. The molecule has 0 atom stereocenters. The highest BCUT2D eigenvalue weighted by atomic mass is 16.5.